The van der Waals surface area contributed by atoms with Crippen LogP contribution in [-0.2, 0) is 76.7 Å². The minimum atomic E-state index is -2.05. The number of aliphatic carboxylic acids is 4. The van der Waals surface area contributed by atoms with Crippen LogP contribution in [0.25, 0.3) is 0 Å². The van der Waals surface area contributed by atoms with E-state index in [1.165, 1.54) is 41.5 Å². The molecule has 28 N–H and O–H groups in total. The van der Waals surface area contributed by atoms with Gasteiger partial charge in [-0.3, -0.25) is 89.5 Å². The van der Waals surface area contributed by atoms with Crippen LogP contribution in [0.15, 0.2) is 0 Å². The maximum absolute atomic E-state index is 12.7. The number of carboxylic acid groups (broad SMARTS) is 4. The Morgan fingerprint density at radius 2 is 0.583 bits per heavy atom. The number of primary amides is 4. The van der Waals surface area contributed by atoms with Crippen LogP contribution in [0.4, 0.5) is 35.1 Å². The topological polar surface area (TPSA) is 666 Å². The Bertz CT molecular complexity index is 2240. The van der Waals surface area contributed by atoms with Crippen molar-refractivity contribution in [3.63, 3.8) is 0 Å². The summed E-state index contributed by atoms with van der Waals surface area (Å²) in [5.41, 5.74) is 61.0. The lowest BCUT2D eigenvalue weighted by molar-refractivity contribution is -0.144. The summed E-state index contributed by atoms with van der Waals surface area (Å²) in [5.74, 6) is -14.4. The Kier molecular flexibility index (Phi) is 64.9. The molecule has 0 aromatic carbocycles. The highest BCUT2D eigenvalue weighted by atomic mass is 18.2. The van der Waals surface area contributed by atoms with Crippen molar-refractivity contribution in [1.82, 2.24) is 0 Å². The average Bonchev–Trinajstić information content (AvgIpc) is 1.92. The summed E-state index contributed by atoms with van der Waals surface area (Å²) in [6, 6.07) is -7.59. The van der Waals surface area contributed by atoms with Crippen molar-refractivity contribution in [2.45, 2.75) is 205 Å². The molecule has 0 aliphatic carbocycles. The van der Waals surface area contributed by atoms with Crippen LogP contribution in [0, 0.1) is 23.7 Å². The normalized spacial score (nSPS) is 15.2. The van der Waals surface area contributed by atoms with Gasteiger partial charge in [0, 0.05) is 18.8 Å². The Morgan fingerprint density at radius 1 is 0.323 bits per heavy atom. The van der Waals surface area contributed by atoms with Gasteiger partial charge in [0.15, 0.2) is 12.3 Å². The molecule has 0 fully saturated rings. The van der Waals surface area contributed by atoms with Gasteiger partial charge in [0.2, 0.25) is 17.7 Å². The molecule has 0 saturated heterocycles. The number of carbonyl (C=O) groups excluding carboxylic acids is 12. The largest absolute Gasteiger partial charge is 0.481 e. The van der Waals surface area contributed by atoms with Crippen LogP contribution in [0.1, 0.15) is 132 Å². The number of Topliss-reactive ketones (excluding diaryl/α,β-unsaturated/α-hetero) is 8. The predicted molar refractivity (Wildman–Crippen MR) is 329 cm³/mol. The number of carboxylic acids is 4. The number of alkyl halides is 8. The lowest BCUT2D eigenvalue weighted by Crippen LogP contribution is -2.40. The lowest BCUT2D eigenvalue weighted by Gasteiger charge is -2.15. The van der Waals surface area contributed by atoms with Crippen molar-refractivity contribution in [2.24, 2.45) is 92.5 Å². The molecule has 0 heterocycles. The molecule has 0 saturated carbocycles. The van der Waals surface area contributed by atoms with E-state index in [0.29, 0.717) is 6.42 Å². The summed E-state index contributed by atoms with van der Waals surface area (Å²) < 4.78 is 97.7. The first kappa shape index (κ1) is 104. The molecule has 0 rings (SSSR count). The number of amides is 4. The van der Waals surface area contributed by atoms with Gasteiger partial charge in [-0.25, -0.2) is 22.4 Å². The second-order valence-electron chi connectivity index (χ2n) is 21.2. The third-order valence-corrected chi connectivity index (χ3v) is 12.5. The molecule has 4 amide bonds. The minimum absolute atomic E-state index is 0.0127. The van der Waals surface area contributed by atoms with E-state index >= 15 is 0 Å². The first-order valence-electron chi connectivity index (χ1n) is 28.7. The summed E-state index contributed by atoms with van der Waals surface area (Å²) in [6.45, 7) is 7.05. The molecule has 96 heavy (non-hydrogen) atoms. The summed E-state index contributed by atoms with van der Waals surface area (Å²) in [7, 11) is 0. The van der Waals surface area contributed by atoms with E-state index in [2.05, 4.69) is 11.5 Å². The lowest BCUT2D eigenvalue weighted by atomic mass is 9.93. The number of carbonyl (C=O) groups is 16. The van der Waals surface area contributed by atoms with Gasteiger partial charge >= 0.3 is 23.9 Å². The van der Waals surface area contributed by atoms with Gasteiger partial charge in [-0.15, -0.1) is 0 Å². The van der Waals surface area contributed by atoms with Crippen LogP contribution in [0.2, 0.25) is 0 Å². The number of hydrogen-bond acceptors (Lipinski definition) is 24. The van der Waals surface area contributed by atoms with Crippen molar-refractivity contribution < 1.29 is 132 Å². The molecule has 560 valence electrons. The van der Waals surface area contributed by atoms with Crippen molar-refractivity contribution in [1.29, 1.82) is 0 Å². The molecule has 16 unspecified atom stereocenters. The van der Waals surface area contributed by atoms with E-state index in [1.807, 2.05) is 0 Å². The molecule has 0 spiro atoms. The summed E-state index contributed by atoms with van der Waals surface area (Å²) >= 11 is 0. The summed E-state index contributed by atoms with van der Waals surface area (Å²) in [6.07, 6.45) is -8.12. The second-order valence-corrected chi connectivity index (χ2v) is 21.2. The third kappa shape index (κ3) is 62.4. The van der Waals surface area contributed by atoms with Crippen molar-refractivity contribution in [2.75, 3.05) is 26.7 Å². The van der Waals surface area contributed by atoms with Crippen molar-refractivity contribution in [3.8, 4) is 0 Å². The number of halogens is 8. The predicted octanol–water partition coefficient (Wildman–Crippen LogP) is -2.12. The number of rotatable bonds is 40. The zero-order chi connectivity index (χ0) is 77.8. The molecule has 0 bridgehead atoms. The highest BCUT2D eigenvalue weighted by Crippen LogP contribution is 2.15. The molecule has 16 atom stereocenters. The average molecular weight is 1410 g/mol. The Morgan fingerprint density at radius 3 is 0.812 bits per heavy atom. The first-order valence-corrected chi connectivity index (χ1v) is 28.7. The molecule has 40 heteroatoms. The molecule has 32 nitrogen and oxygen atoms in total. The molecular weight excluding hydrogens is 1300 g/mol. The van der Waals surface area contributed by atoms with Crippen LogP contribution in [0.5, 0.6) is 0 Å². The highest BCUT2D eigenvalue weighted by Gasteiger charge is 2.28. The Balaban J connectivity index is -0.000000154. The van der Waals surface area contributed by atoms with Gasteiger partial charge in [-0.1, -0.05) is 0 Å². The van der Waals surface area contributed by atoms with E-state index in [1.54, 1.807) is 0 Å². The minimum Gasteiger partial charge on any atom is -0.481 e. The van der Waals surface area contributed by atoms with Crippen LogP contribution in [0.3, 0.4) is 0 Å². The van der Waals surface area contributed by atoms with Gasteiger partial charge < -0.3 is 89.2 Å². The van der Waals surface area contributed by atoms with E-state index in [4.69, 9.17) is 77.8 Å². The molecule has 0 radical (unpaired) electrons. The number of nitrogens with two attached hydrogens (primary N) is 12. The Labute approximate surface area is 549 Å². The van der Waals surface area contributed by atoms with E-state index in [9.17, 15) is 112 Å². The van der Waals surface area contributed by atoms with E-state index < -0.39 is 208 Å². The molecular formula is C56H100F8N12O20. The van der Waals surface area contributed by atoms with Gasteiger partial charge in [-0.2, -0.15) is 0 Å². The monoisotopic (exact) mass is 1400 g/mol. The second kappa shape index (κ2) is 59.7. The molecule has 0 aromatic heterocycles. The zero-order valence-electron chi connectivity index (χ0n) is 54.8. The van der Waals surface area contributed by atoms with E-state index in [0.717, 1.165) is 13.8 Å². The van der Waals surface area contributed by atoms with Gasteiger partial charge in [-0.05, 0) is 107 Å². The SMILES string of the molecule is CC(=O)C(N)C([18F])CC(=O)O.CC(=O)C(N)C([18F])CC(N)=O.CC(=O)C(N)CC(CCC[18F])C(=O)O.CC(=O)C(N)CC(CCC[18F])C(N)=O.CC(=O)C(N)CC(C[18F])C(=O)O.CC(=O)C(N)CC(C[18F])C(N)=O.CC(=O)C(N)CC([18F])C(=O)O.CC(=O)C(N)CC([18F])C(N)=O. The van der Waals surface area contributed by atoms with Gasteiger partial charge in [0.1, 0.15) is 72.0 Å². The summed E-state index contributed by atoms with van der Waals surface area (Å²) in [5, 5.41) is 33.3. The smallest absolute Gasteiger partial charge is 0.338 e. The van der Waals surface area contributed by atoms with Gasteiger partial charge in [0.05, 0.1) is 92.3 Å². The molecule has 0 aliphatic heterocycles. The fourth-order valence-corrected chi connectivity index (χ4v) is 5.86. The van der Waals surface area contributed by atoms with Crippen LogP contribution >= 0.6 is 0 Å². The molecule has 0 aromatic rings. The standard InChI is InChI=1S/C9H17FN2O2.C9H16FNO3.C7H13FN2O2.C7H12FNO3.2C6H11FN2O2.2C6H10FNO3/c1-6(13)8(11)5-7(9(12)14)3-2-4-10;1-6(12)8(11)5-7(9(13)14)3-2-4-10;1-4(11)6(9)2-5(3-8)7(10)12;1-4(10)6(9)2-5(3-8)7(11)12;1-3(10)6(9)4(7)2-5(8)11;1-3(10)5(8)2-4(7)6(9)11;1-3(9)6(8)4(7)2-5(10)11;1-3(9)5(8)2-4(7)6(10)11/h7-8H,2-5,11H2,1H3,(H2,12,14);7-8H,2-5,11H2,1H3,(H,13,14);5-6H,2-3,9H2,1H3,(H2,10,12);5-6H,2-3,9H2,1H3,(H,11,12);4,6H,2,9H2,1H3,(H2,8,11);4-5H,2,8H2,1H3,(H2,9,11);4,6H,2,8H2,1H3,(H,10,11);4-5H,2,8H2,1H3,(H,10,11)/i2*10-1;2*8-1;4*7-1. The quantitative estimate of drug-likeness (QED) is 0.0292. The third-order valence-electron chi connectivity index (χ3n) is 12.5. The first-order chi connectivity index (χ1) is 43.7. The number of ketones is 8. The zero-order valence-corrected chi connectivity index (χ0v) is 54.8. The maximum atomic E-state index is 12.7. The fourth-order valence-electron chi connectivity index (χ4n) is 5.86. The Hall–Kier alpha value is -7.76. The van der Waals surface area contributed by atoms with Crippen LogP contribution in [-0.4, -0.2) is 214 Å². The van der Waals surface area contributed by atoms with Gasteiger partial charge in [0.25, 0.3) is 5.91 Å². The van der Waals surface area contributed by atoms with Crippen molar-refractivity contribution in [3.05, 3.63) is 0 Å². The van der Waals surface area contributed by atoms with Crippen LogP contribution < -0.4 is 68.8 Å². The van der Waals surface area contributed by atoms with Crippen molar-refractivity contribution >= 4 is 93.8 Å². The molecule has 0 aliphatic rings. The fraction of sp³-hybridized carbons (Fsp3) is 0.714. The van der Waals surface area contributed by atoms with E-state index in [-0.39, 0.29) is 80.3 Å². The summed E-state index contributed by atoms with van der Waals surface area (Å²) in [4.78, 5) is 167. The maximum Gasteiger partial charge on any atom is 0.338 e. The highest BCUT2D eigenvalue weighted by molar-refractivity contribution is 5.87. The number of hydrogen-bond donors (Lipinski definition) is 16.